The van der Waals surface area contributed by atoms with Gasteiger partial charge in [0.15, 0.2) is 0 Å². The average molecular weight is 445 g/mol. The fraction of sp³-hybridized carbons (Fsp3) is 0. The molecule has 7 rings (SSSR count). The molecule has 0 N–H and O–H groups in total. The molecule has 0 fully saturated rings. The van der Waals surface area contributed by atoms with Crippen molar-refractivity contribution in [2.75, 3.05) is 0 Å². The molecule has 0 amide bonds. The molecule has 150 valence electrons. The third kappa shape index (κ3) is 2.77. The number of nitrogens with zero attached hydrogens (tertiary/aromatic N) is 2. The van der Waals surface area contributed by atoms with Crippen LogP contribution >= 0.6 is 22.7 Å². The number of thiophene rings is 2. The first-order valence-electron chi connectivity index (χ1n) is 10.5. The minimum Gasteiger partial charge on any atom is -0.236 e. The van der Waals surface area contributed by atoms with Gasteiger partial charge < -0.3 is 0 Å². The van der Waals surface area contributed by atoms with Gasteiger partial charge in [0.1, 0.15) is 6.33 Å². The van der Waals surface area contributed by atoms with Gasteiger partial charge in [-0.1, -0.05) is 48.5 Å². The lowest BCUT2D eigenvalue weighted by atomic mass is 10.0. The summed E-state index contributed by atoms with van der Waals surface area (Å²) >= 11 is 3.67. The van der Waals surface area contributed by atoms with E-state index in [0.717, 1.165) is 22.5 Å². The quantitative estimate of drug-likeness (QED) is 0.267. The van der Waals surface area contributed by atoms with E-state index in [4.69, 9.17) is 0 Å². The maximum atomic E-state index is 4.60. The summed E-state index contributed by atoms with van der Waals surface area (Å²) in [5.41, 5.74) is 4.13. The average Bonchev–Trinajstić information content (AvgIpc) is 3.41. The van der Waals surface area contributed by atoms with Gasteiger partial charge in [-0.3, -0.25) is 0 Å². The van der Waals surface area contributed by atoms with E-state index in [-0.39, 0.29) is 0 Å². The van der Waals surface area contributed by atoms with E-state index in [9.17, 15) is 0 Å². The second kappa shape index (κ2) is 6.95. The predicted molar refractivity (Wildman–Crippen MR) is 139 cm³/mol. The second-order valence-electron chi connectivity index (χ2n) is 7.91. The molecule has 2 nitrogen and oxygen atoms in total. The minimum absolute atomic E-state index is 0.947. The van der Waals surface area contributed by atoms with Crippen molar-refractivity contribution >= 4 is 63.0 Å². The smallest absolute Gasteiger partial charge is 0.116 e. The van der Waals surface area contributed by atoms with Crippen LogP contribution in [0, 0.1) is 0 Å². The fourth-order valence-electron chi connectivity index (χ4n) is 4.44. The highest BCUT2D eigenvalue weighted by atomic mass is 32.1. The van der Waals surface area contributed by atoms with Crippen molar-refractivity contribution in [3.63, 3.8) is 0 Å². The van der Waals surface area contributed by atoms with Gasteiger partial charge in [0.2, 0.25) is 0 Å². The van der Waals surface area contributed by atoms with E-state index in [1.165, 1.54) is 40.3 Å². The molecule has 4 aromatic carbocycles. The highest BCUT2D eigenvalue weighted by Gasteiger charge is 2.11. The molecule has 0 saturated heterocycles. The maximum Gasteiger partial charge on any atom is 0.116 e. The number of hydrogen-bond donors (Lipinski definition) is 0. The Morgan fingerprint density at radius 2 is 0.906 bits per heavy atom. The van der Waals surface area contributed by atoms with Crippen molar-refractivity contribution in [1.29, 1.82) is 0 Å². The van der Waals surface area contributed by atoms with E-state index in [2.05, 4.69) is 101 Å². The molecule has 7 aromatic rings. The Labute approximate surface area is 192 Å². The third-order valence-electron chi connectivity index (χ3n) is 6.01. The van der Waals surface area contributed by atoms with Crippen molar-refractivity contribution in [3.05, 3.63) is 97.3 Å². The van der Waals surface area contributed by atoms with Crippen LogP contribution in [0.5, 0.6) is 0 Å². The van der Waals surface area contributed by atoms with Crippen molar-refractivity contribution in [2.24, 2.45) is 0 Å². The topological polar surface area (TPSA) is 25.8 Å². The molecule has 32 heavy (non-hydrogen) atoms. The molecule has 0 aliphatic carbocycles. The lowest BCUT2D eigenvalue weighted by Crippen LogP contribution is -1.89. The van der Waals surface area contributed by atoms with Crippen LogP contribution in [0.3, 0.4) is 0 Å². The minimum atomic E-state index is 0.947. The third-order valence-corrected chi connectivity index (χ3v) is 8.32. The van der Waals surface area contributed by atoms with Crippen LogP contribution in [0.1, 0.15) is 0 Å². The van der Waals surface area contributed by atoms with Gasteiger partial charge in [0.05, 0.1) is 11.4 Å². The largest absolute Gasteiger partial charge is 0.236 e. The normalized spacial score (nSPS) is 11.8. The summed E-state index contributed by atoms with van der Waals surface area (Å²) in [5.74, 6) is 0. The summed E-state index contributed by atoms with van der Waals surface area (Å²) in [6, 6.07) is 32.6. The molecule has 0 aliphatic heterocycles. The molecular formula is C28H16N2S2. The van der Waals surface area contributed by atoms with Crippen LogP contribution in [0.25, 0.3) is 62.9 Å². The molecule has 0 bridgehead atoms. The Hall–Kier alpha value is -3.60. The second-order valence-corrected chi connectivity index (χ2v) is 10.1. The van der Waals surface area contributed by atoms with Crippen molar-refractivity contribution in [1.82, 2.24) is 9.97 Å². The molecule has 0 radical (unpaired) electrons. The molecule has 0 unspecified atom stereocenters. The fourth-order valence-corrected chi connectivity index (χ4v) is 6.62. The first-order valence-corrected chi connectivity index (χ1v) is 12.1. The van der Waals surface area contributed by atoms with Crippen LogP contribution in [0.2, 0.25) is 0 Å². The molecule has 3 heterocycles. The Balaban J connectivity index is 1.37. The Kier molecular flexibility index (Phi) is 3.92. The molecule has 3 aromatic heterocycles. The zero-order chi connectivity index (χ0) is 21.1. The van der Waals surface area contributed by atoms with Crippen LogP contribution in [-0.2, 0) is 0 Å². The standard InChI is InChI=1S/C28H16N2S2/c1-3-7-25-19(5-1)21-13-17(9-11-27(21)31-25)23-15-24(30-16-29-23)18-10-12-28-22(14-18)20-6-2-4-8-26(20)32-28/h1-16H. The Bertz CT molecular complexity index is 1660. The lowest BCUT2D eigenvalue weighted by Gasteiger charge is -2.06. The lowest BCUT2D eigenvalue weighted by molar-refractivity contribution is 1.18. The zero-order valence-corrected chi connectivity index (χ0v) is 18.6. The van der Waals surface area contributed by atoms with Crippen LogP contribution in [0.15, 0.2) is 97.3 Å². The van der Waals surface area contributed by atoms with E-state index in [1.54, 1.807) is 6.33 Å². The van der Waals surface area contributed by atoms with E-state index < -0.39 is 0 Å². The van der Waals surface area contributed by atoms with Gasteiger partial charge in [-0.05, 0) is 42.5 Å². The number of fused-ring (bicyclic) bond motifs is 6. The van der Waals surface area contributed by atoms with E-state index in [0.29, 0.717) is 0 Å². The first kappa shape index (κ1) is 18.0. The Morgan fingerprint density at radius 3 is 1.44 bits per heavy atom. The van der Waals surface area contributed by atoms with Gasteiger partial charge in [-0.15, -0.1) is 22.7 Å². The molecule has 4 heteroatoms. The van der Waals surface area contributed by atoms with Gasteiger partial charge >= 0.3 is 0 Å². The summed E-state index contributed by atoms with van der Waals surface area (Å²) in [7, 11) is 0. The van der Waals surface area contributed by atoms with Gasteiger partial charge in [0, 0.05) is 51.5 Å². The van der Waals surface area contributed by atoms with E-state index >= 15 is 0 Å². The van der Waals surface area contributed by atoms with E-state index in [1.807, 2.05) is 22.7 Å². The van der Waals surface area contributed by atoms with Gasteiger partial charge in [-0.2, -0.15) is 0 Å². The monoisotopic (exact) mass is 444 g/mol. The molecule has 0 aliphatic rings. The number of benzene rings is 4. The highest BCUT2D eigenvalue weighted by molar-refractivity contribution is 7.26. The SMILES string of the molecule is c1ccc2c(c1)sc1ccc(-c3cc(-c4ccc5sc6ccccc6c5c4)ncn3)cc12. The molecular weight excluding hydrogens is 428 g/mol. The van der Waals surface area contributed by atoms with Crippen LogP contribution < -0.4 is 0 Å². The van der Waals surface area contributed by atoms with Gasteiger partial charge in [-0.25, -0.2) is 9.97 Å². The Morgan fingerprint density at radius 1 is 0.438 bits per heavy atom. The summed E-state index contributed by atoms with van der Waals surface area (Å²) in [6.45, 7) is 0. The summed E-state index contributed by atoms with van der Waals surface area (Å²) in [5, 5.41) is 5.18. The molecule has 0 atom stereocenters. The zero-order valence-electron chi connectivity index (χ0n) is 16.9. The van der Waals surface area contributed by atoms with Gasteiger partial charge in [0.25, 0.3) is 0 Å². The molecule has 0 spiro atoms. The summed E-state index contributed by atoms with van der Waals surface area (Å²) in [6.07, 6.45) is 1.68. The van der Waals surface area contributed by atoms with Crippen molar-refractivity contribution < 1.29 is 0 Å². The number of aromatic nitrogens is 2. The number of rotatable bonds is 2. The number of hydrogen-bond acceptors (Lipinski definition) is 4. The van der Waals surface area contributed by atoms with Crippen molar-refractivity contribution in [3.8, 4) is 22.5 Å². The van der Waals surface area contributed by atoms with Crippen LogP contribution in [0.4, 0.5) is 0 Å². The maximum absolute atomic E-state index is 4.60. The first-order chi connectivity index (χ1) is 15.8. The van der Waals surface area contributed by atoms with Crippen LogP contribution in [-0.4, -0.2) is 9.97 Å². The highest BCUT2D eigenvalue weighted by Crippen LogP contribution is 2.38. The molecule has 0 saturated carbocycles. The van der Waals surface area contributed by atoms with Crippen molar-refractivity contribution in [2.45, 2.75) is 0 Å². The summed E-state index contributed by atoms with van der Waals surface area (Å²) in [4.78, 5) is 9.21. The summed E-state index contributed by atoms with van der Waals surface area (Å²) < 4.78 is 5.25. The predicted octanol–water partition coefficient (Wildman–Crippen LogP) is 8.55.